The number of anilines is 1. The predicted octanol–water partition coefficient (Wildman–Crippen LogP) is 5.07. The van der Waals surface area contributed by atoms with Gasteiger partial charge in [-0.05, 0) is 51.3 Å². The maximum Gasteiger partial charge on any atom is 0.257 e. The van der Waals surface area contributed by atoms with Gasteiger partial charge in [0.25, 0.3) is 5.91 Å². The molecule has 0 fully saturated rings. The summed E-state index contributed by atoms with van der Waals surface area (Å²) >= 11 is 6.24. The standard InChI is InChI=1S/C23H26ClN5O2/c1-14(2)31-23-18(24)11-17(13-25-23)22(30)26-19-12-16(9-8-15(19)3)21-28-27-20-7-5-4-6-10-29(20)21/h8-9,11-14H,4-7,10H2,1-3H3,(H,26,30). The van der Waals surface area contributed by atoms with Gasteiger partial charge in [0, 0.05) is 30.4 Å². The topological polar surface area (TPSA) is 81.9 Å². The van der Waals surface area contributed by atoms with Gasteiger partial charge in [-0.25, -0.2) is 4.98 Å². The van der Waals surface area contributed by atoms with E-state index in [1.54, 1.807) is 6.07 Å². The van der Waals surface area contributed by atoms with Crippen LogP contribution in [0.15, 0.2) is 30.5 Å². The van der Waals surface area contributed by atoms with Crippen molar-refractivity contribution in [3.63, 3.8) is 0 Å². The Balaban J connectivity index is 1.58. The molecule has 1 aromatic carbocycles. The van der Waals surface area contributed by atoms with Gasteiger partial charge in [0.05, 0.1) is 11.7 Å². The number of rotatable bonds is 5. The van der Waals surface area contributed by atoms with Gasteiger partial charge in [-0.1, -0.05) is 30.2 Å². The number of hydrogen-bond acceptors (Lipinski definition) is 5. The Morgan fingerprint density at radius 1 is 1.19 bits per heavy atom. The molecule has 31 heavy (non-hydrogen) atoms. The van der Waals surface area contributed by atoms with Crippen molar-refractivity contribution >= 4 is 23.2 Å². The highest BCUT2D eigenvalue weighted by Gasteiger charge is 2.18. The van der Waals surface area contributed by atoms with Crippen LogP contribution in [-0.4, -0.2) is 31.8 Å². The Bertz CT molecular complexity index is 1110. The lowest BCUT2D eigenvalue weighted by Gasteiger charge is -2.13. The first-order valence-corrected chi connectivity index (χ1v) is 11.0. The second kappa shape index (κ2) is 9.06. The van der Waals surface area contributed by atoms with Crippen LogP contribution < -0.4 is 10.1 Å². The van der Waals surface area contributed by atoms with Crippen molar-refractivity contribution < 1.29 is 9.53 Å². The van der Waals surface area contributed by atoms with Crippen molar-refractivity contribution in [3.8, 4) is 17.3 Å². The van der Waals surface area contributed by atoms with Gasteiger partial charge in [-0.2, -0.15) is 0 Å². The lowest BCUT2D eigenvalue weighted by atomic mass is 10.1. The molecule has 0 aliphatic carbocycles. The van der Waals surface area contributed by atoms with E-state index < -0.39 is 0 Å². The Morgan fingerprint density at radius 3 is 2.81 bits per heavy atom. The van der Waals surface area contributed by atoms with Crippen molar-refractivity contribution in [1.82, 2.24) is 19.7 Å². The zero-order chi connectivity index (χ0) is 22.0. The van der Waals surface area contributed by atoms with Crippen LogP contribution in [0.5, 0.6) is 5.88 Å². The fourth-order valence-corrected chi connectivity index (χ4v) is 3.86. The first-order chi connectivity index (χ1) is 14.9. The maximum atomic E-state index is 12.8. The Hall–Kier alpha value is -2.93. The van der Waals surface area contributed by atoms with Crippen LogP contribution in [0.4, 0.5) is 5.69 Å². The van der Waals surface area contributed by atoms with Crippen LogP contribution >= 0.6 is 11.6 Å². The molecule has 8 heteroatoms. The molecule has 0 spiro atoms. The molecular weight excluding hydrogens is 414 g/mol. The van der Waals surface area contributed by atoms with Crippen molar-refractivity contribution in [2.24, 2.45) is 0 Å². The average Bonchev–Trinajstić information content (AvgIpc) is 2.99. The van der Waals surface area contributed by atoms with Gasteiger partial charge >= 0.3 is 0 Å². The number of aromatic nitrogens is 4. The third-order valence-corrected chi connectivity index (χ3v) is 5.54. The molecule has 0 saturated heterocycles. The molecular formula is C23H26ClN5O2. The molecule has 0 radical (unpaired) electrons. The molecule has 3 heterocycles. The van der Waals surface area contributed by atoms with Crippen LogP contribution in [0, 0.1) is 6.92 Å². The molecule has 1 amide bonds. The number of nitrogens with zero attached hydrogens (tertiary/aromatic N) is 4. The van der Waals surface area contributed by atoms with Crippen LogP contribution in [0.25, 0.3) is 11.4 Å². The number of benzene rings is 1. The summed E-state index contributed by atoms with van der Waals surface area (Å²) in [7, 11) is 0. The summed E-state index contributed by atoms with van der Waals surface area (Å²) in [5.41, 5.74) is 2.96. The van der Waals surface area contributed by atoms with Crippen LogP contribution in [-0.2, 0) is 13.0 Å². The third kappa shape index (κ3) is 4.71. The normalized spacial score (nSPS) is 13.6. The maximum absolute atomic E-state index is 12.8. The lowest BCUT2D eigenvalue weighted by Crippen LogP contribution is -2.14. The minimum absolute atomic E-state index is 0.0535. The van der Waals surface area contributed by atoms with Crippen molar-refractivity contribution in [2.45, 2.75) is 59.1 Å². The van der Waals surface area contributed by atoms with E-state index in [0.717, 1.165) is 48.6 Å². The van der Waals surface area contributed by atoms with Gasteiger partial charge in [-0.3, -0.25) is 4.79 Å². The molecule has 3 aromatic rings. The van der Waals surface area contributed by atoms with E-state index >= 15 is 0 Å². The number of nitrogens with one attached hydrogen (secondary N) is 1. The van der Waals surface area contributed by atoms with E-state index in [9.17, 15) is 4.79 Å². The molecule has 7 nitrogen and oxygen atoms in total. The van der Waals surface area contributed by atoms with Crippen LogP contribution in [0.3, 0.4) is 0 Å². The Labute approximate surface area is 186 Å². The fraction of sp³-hybridized carbons (Fsp3) is 0.391. The van der Waals surface area contributed by atoms with E-state index in [-0.39, 0.29) is 12.0 Å². The van der Waals surface area contributed by atoms with Crippen molar-refractivity contribution in [1.29, 1.82) is 0 Å². The summed E-state index contributed by atoms with van der Waals surface area (Å²) in [5.74, 6) is 1.90. The third-order valence-electron chi connectivity index (χ3n) is 5.27. The van der Waals surface area contributed by atoms with E-state index in [1.807, 2.05) is 39.0 Å². The van der Waals surface area contributed by atoms with E-state index in [0.29, 0.717) is 22.2 Å². The van der Waals surface area contributed by atoms with Gasteiger partial charge in [0.2, 0.25) is 5.88 Å². The molecule has 0 saturated carbocycles. The number of amides is 1. The Morgan fingerprint density at radius 2 is 2.03 bits per heavy atom. The van der Waals surface area contributed by atoms with Crippen LogP contribution in [0.1, 0.15) is 54.9 Å². The van der Waals surface area contributed by atoms with Gasteiger partial charge in [0.15, 0.2) is 5.82 Å². The van der Waals surface area contributed by atoms with Crippen LogP contribution in [0.2, 0.25) is 5.02 Å². The molecule has 162 valence electrons. The summed E-state index contributed by atoms with van der Waals surface area (Å²) in [6, 6.07) is 7.51. The average molecular weight is 440 g/mol. The molecule has 0 unspecified atom stereocenters. The first kappa shape index (κ1) is 21.3. The van der Waals surface area contributed by atoms with E-state index in [4.69, 9.17) is 16.3 Å². The first-order valence-electron chi connectivity index (χ1n) is 10.6. The number of halogens is 1. The monoisotopic (exact) mass is 439 g/mol. The zero-order valence-electron chi connectivity index (χ0n) is 18.0. The highest BCUT2D eigenvalue weighted by Crippen LogP contribution is 2.28. The van der Waals surface area contributed by atoms with Crippen molar-refractivity contribution in [3.05, 3.63) is 52.4 Å². The molecule has 1 aliphatic rings. The Kier molecular flexibility index (Phi) is 6.23. The second-order valence-electron chi connectivity index (χ2n) is 8.06. The molecule has 1 N–H and O–H groups in total. The number of carbonyl (C=O) groups excluding carboxylic acids is 1. The highest BCUT2D eigenvalue weighted by atomic mass is 35.5. The number of carbonyl (C=O) groups is 1. The zero-order valence-corrected chi connectivity index (χ0v) is 18.7. The van der Waals surface area contributed by atoms with E-state index in [2.05, 4.69) is 25.1 Å². The fourth-order valence-electron chi connectivity index (χ4n) is 3.65. The minimum Gasteiger partial charge on any atom is -0.474 e. The lowest BCUT2D eigenvalue weighted by molar-refractivity contribution is 0.102. The summed E-state index contributed by atoms with van der Waals surface area (Å²) in [6.45, 7) is 6.65. The number of ether oxygens (including phenoxy) is 1. The predicted molar refractivity (Wildman–Crippen MR) is 121 cm³/mol. The van der Waals surface area contributed by atoms with Gasteiger partial charge in [-0.15, -0.1) is 10.2 Å². The minimum atomic E-state index is -0.286. The largest absolute Gasteiger partial charge is 0.474 e. The number of aryl methyl sites for hydroxylation is 2. The molecule has 1 aliphatic heterocycles. The van der Waals surface area contributed by atoms with E-state index in [1.165, 1.54) is 12.6 Å². The number of fused-ring (bicyclic) bond motifs is 1. The van der Waals surface area contributed by atoms with Crippen molar-refractivity contribution in [2.75, 3.05) is 5.32 Å². The second-order valence-corrected chi connectivity index (χ2v) is 8.47. The summed E-state index contributed by atoms with van der Waals surface area (Å²) in [5, 5.41) is 12.1. The summed E-state index contributed by atoms with van der Waals surface area (Å²) in [4.78, 5) is 17.0. The SMILES string of the molecule is Cc1ccc(-c2nnc3n2CCCCC3)cc1NC(=O)c1cnc(OC(C)C)c(Cl)c1. The molecule has 4 rings (SSSR count). The smallest absolute Gasteiger partial charge is 0.257 e. The number of hydrogen-bond donors (Lipinski definition) is 1. The quantitative estimate of drug-likeness (QED) is 0.600. The molecule has 0 atom stereocenters. The number of pyridine rings is 1. The molecule has 2 aromatic heterocycles. The van der Waals surface area contributed by atoms with Gasteiger partial charge in [0.1, 0.15) is 10.8 Å². The summed E-state index contributed by atoms with van der Waals surface area (Å²) < 4.78 is 7.73. The highest BCUT2D eigenvalue weighted by molar-refractivity contribution is 6.32. The van der Waals surface area contributed by atoms with Gasteiger partial charge < -0.3 is 14.6 Å². The molecule has 0 bridgehead atoms. The summed E-state index contributed by atoms with van der Waals surface area (Å²) in [6.07, 6.45) is 5.84.